The molecule has 138 valence electrons. The van der Waals surface area contributed by atoms with Crippen molar-refractivity contribution in [2.75, 3.05) is 19.6 Å². The second kappa shape index (κ2) is 8.60. The first-order valence-corrected chi connectivity index (χ1v) is 9.06. The standard InChI is InChI=1S/C19H24N4O3/c1-14-4-6-15(7-5-14)19-21-17(26-22-19)9-8-16(24)20-11-10-18(25)23-12-2-3-13-23/h4-7H,2-3,8-13H2,1H3,(H,20,24). The average molecular weight is 356 g/mol. The van der Waals surface area contributed by atoms with Crippen molar-refractivity contribution >= 4 is 11.8 Å². The minimum atomic E-state index is -0.116. The van der Waals surface area contributed by atoms with Crippen molar-refractivity contribution in [2.45, 2.75) is 39.0 Å². The number of nitrogens with zero attached hydrogens (tertiary/aromatic N) is 3. The highest BCUT2D eigenvalue weighted by Crippen LogP contribution is 2.16. The van der Waals surface area contributed by atoms with Gasteiger partial charge in [-0.2, -0.15) is 4.98 Å². The summed E-state index contributed by atoms with van der Waals surface area (Å²) in [5.41, 5.74) is 2.05. The van der Waals surface area contributed by atoms with Gasteiger partial charge in [0.2, 0.25) is 23.5 Å². The molecule has 0 spiro atoms. The normalized spacial score (nSPS) is 13.8. The molecule has 0 aliphatic carbocycles. The first kappa shape index (κ1) is 18.1. The summed E-state index contributed by atoms with van der Waals surface area (Å²) in [5.74, 6) is 0.956. The zero-order valence-corrected chi connectivity index (χ0v) is 15.0. The van der Waals surface area contributed by atoms with Crippen LogP contribution in [0.1, 0.15) is 37.1 Å². The molecular weight excluding hydrogens is 332 g/mol. The molecule has 1 aromatic carbocycles. The number of rotatable bonds is 7. The van der Waals surface area contributed by atoms with E-state index in [9.17, 15) is 9.59 Å². The Hall–Kier alpha value is -2.70. The molecule has 2 amide bonds. The van der Waals surface area contributed by atoms with Gasteiger partial charge in [0.1, 0.15) is 0 Å². The van der Waals surface area contributed by atoms with Crippen LogP contribution in [0, 0.1) is 6.92 Å². The molecule has 7 nitrogen and oxygen atoms in total. The molecular formula is C19H24N4O3. The minimum absolute atomic E-state index is 0.113. The lowest BCUT2D eigenvalue weighted by Gasteiger charge is -2.15. The van der Waals surface area contributed by atoms with E-state index in [-0.39, 0.29) is 18.2 Å². The third kappa shape index (κ3) is 4.91. The Bertz CT molecular complexity index is 748. The number of amides is 2. The quantitative estimate of drug-likeness (QED) is 0.821. The van der Waals surface area contributed by atoms with Gasteiger partial charge >= 0.3 is 0 Å². The zero-order chi connectivity index (χ0) is 18.4. The van der Waals surface area contributed by atoms with E-state index in [4.69, 9.17) is 4.52 Å². The highest BCUT2D eigenvalue weighted by molar-refractivity contribution is 5.79. The fourth-order valence-corrected chi connectivity index (χ4v) is 2.92. The Labute approximate surface area is 152 Å². The van der Waals surface area contributed by atoms with Crippen LogP contribution >= 0.6 is 0 Å². The second-order valence-corrected chi connectivity index (χ2v) is 6.57. The van der Waals surface area contributed by atoms with Crippen LogP contribution in [0.25, 0.3) is 11.4 Å². The van der Waals surface area contributed by atoms with E-state index >= 15 is 0 Å². The van der Waals surface area contributed by atoms with Crippen LogP contribution in [-0.2, 0) is 16.0 Å². The molecule has 0 radical (unpaired) electrons. The lowest BCUT2D eigenvalue weighted by atomic mass is 10.1. The van der Waals surface area contributed by atoms with Crippen molar-refractivity contribution in [3.63, 3.8) is 0 Å². The Balaban J connectivity index is 1.39. The smallest absolute Gasteiger partial charge is 0.227 e. The maximum Gasteiger partial charge on any atom is 0.227 e. The van der Waals surface area contributed by atoms with Gasteiger partial charge in [0.15, 0.2) is 0 Å². The molecule has 1 fully saturated rings. The number of carbonyl (C=O) groups excluding carboxylic acids is 2. The number of hydrogen-bond donors (Lipinski definition) is 1. The van der Waals surface area contributed by atoms with Crippen LogP contribution in [0.4, 0.5) is 0 Å². The average Bonchev–Trinajstić information content (AvgIpc) is 3.32. The third-order valence-electron chi connectivity index (χ3n) is 4.46. The summed E-state index contributed by atoms with van der Waals surface area (Å²) in [5, 5.41) is 6.73. The largest absolute Gasteiger partial charge is 0.356 e. The number of benzene rings is 1. The van der Waals surface area contributed by atoms with E-state index in [1.165, 1.54) is 0 Å². The molecule has 26 heavy (non-hydrogen) atoms. The lowest BCUT2D eigenvalue weighted by Crippen LogP contribution is -2.32. The van der Waals surface area contributed by atoms with Crippen LogP contribution in [0.15, 0.2) is 28.8 Å². The maximum atomic E-state index is 11.9. The van der Waals surface area contributed by atoms with E-state index in [0.29, 0.717) is 31.1 Å². The molecule has 2 heterocycles. The summed E-state index contributed by atoms with van der Waals surface area (Å²) < 4.78 is 5.21. The first-order valence-electron chi connectivity index (χ1n) is 9.06. The Morgan fingerprint density at radius 3 is 2.62 bits per heavy atom. The summed E-state index contributed by atoms with van der Waals surface area (Å²) in [6.45, 7) is 4.07. The lowest BCUT2D eigenvalue weighted by molar-refractivity contribution is -0.130. The van der Waals surface area contributed by atoms with Crippen molar-refractivity contribution in [2.24, 2.45) is 0 Å². The van der Waals surface area contributed by atoms with Gasteiger partial charge in [0.05, 0.1) is 0 Å². The molecule has 0 unspecified atom stereocenters. The van der Waals surface area contributed by atoms with E-state index in [1.807, 2.05) is 36.1 Å². The molecule has 1 N–H and O–H groups in total. The van der Waals surface area contributed by atoms with Crippen molar-refractivity contribution in [3.05, 3.63) is 35.7 Å². The summed E-state index contributed by atoms with van der Waals surface area (Å²) >= 11 is 0. The monoisotopic (exact) mass is 356 g/mol. The van der Waals surface area contributed by atoms with Crippen molar-refractivity contribution < 1.29 is 14.1 Å². The molecule has 0 saturated carbocycles. The molecule has 7 heteroatoms. The summed E-state index contributed by atoms with van der Waals surface area (Å²) in [6, 6.07) is 7.85. The fourth-order valence-electron chi connectivity index (χ4n) is 2.92. The van der Waals surface area contributed by atoms with Crippen LogP contribution in [-0.4, -0.2) is 46.5 Å². The second-order valence-electron chi connectivity index (χ2n) is 6.57. The summed E-state index contributed by atoms with van der Waals surface area (Å²) in [4.78, 5) is 30.0. The van der Waals surface area contributed by atoms with Crippen LogP contribution < -0.4 is 5.32 Å². The third-order valence-corrected chi connectivity index (χ3v) is 4.46. The molecule has 1 aromatic heterocycles. The van der Waals surface area contributed by atoms with Gasteiger partial charge < -0.3 is 14.7 Å². The number of hydrogen-bond acceptors (Lipinski definition) is 5. The van der Waals surface area contributed by atoms with Gasteiger partial charge in [0, 0.05) is 44.5 Å². The predicted molar refractivity (Wildman–Crippen MR) is 96.2 cm³/mol. The SMILES string of the molecule is Cc1ccc(-c2noc(CCC(=O)NCCC(=O)N3CCCC3)n2)cc1. The number of nitrogens with one attached hydrogen (secondary N) is 1. The van der Waals surface area contributed by atoms with Crippen LogP contribution in [0.5, 0.6) is 0 Å². The van der Waals surface area contributed by atoms with Crippen molar-refractivity contribution in [1.29, 1.82) is 0 Å². The van der Waals surface area contributed by atoms with Crippen molar-refractivity contribution in [3.8, 4) is 11.4 Å². The number of carbonyl (C=O) groups is 2. The van der Waals surface area contributed by atoms with E-state index in [0.717, 1.165) is 37.1 Å². The highest BCUT2D eigenvalue weighted by atomic mass is 16.5. The number of aryl methyl sites for hydroxylation is 2. The fraction of sp³-hybridized carbons (Fsp3) is 0.474. The van der Waals surface area contributed by atoms with Gasteiger partial charge in [-0.05, 0) is 19.8 Å². The predicted octanol–water partition coefficient (Wildman–Crippen LogP) is 2.11. The number of likely N-dealkylation sites (tertiary alicyclic amines) is 1. The van der Waals surface area contributed by atoms with Gasteiger partial charge in [-0.25, -0.2) is 0 Å². The Kier molecular flexibility index (Phi) is 5.99. The molecule has 1 saturated heterocycles. The molecule has 0 atom stereocenters. The summed E-state index contributed by atoms with van der Waals surface area (Å²) in [7, 11) is 0. The van der Waals surface area contributed by atoms with Gasteiger partial charge in [-0.15, -0.1) is 0 Å². The molecule has 2 aromatic rings. The van der Waals surface area contributed by atoms with Gasteiger partial charge in [0.25, 0.3) is 0 Å². The van der Waals surface area contributed by atoms with E-state index in [2.05, 4.69) is 15.5 Å². The highest BCUT2D eigenvalue weighted by Gasteiger charge is 2.17. The van der Waals surface area contributed by atoms with Gasteiger partial charge in [-0.1, -0.05) is 35.0 Å². The zero-order valence-electron chi connectivity index (χ0n) is 15.0. The topological polar surface area (TPSA) is 88.3 Å². The summed E-state index contributed by atoms with van der Waals surface area (Å²) in [6.07, 6.45) is 3.14. The minimum Gasteiger partial charge on any atom is -0.356 e. The Morgan fingerprint density at radius 2 is 1.88 bits per heavy atom. The Morgan fingerprint density at radius 1 is 1.15 bits per heavy atom. The van der Waals surface area contributed by atoms with E-state index < -0.39 is 0 Å². The maximum absolute atomic E-state index is 11.9. The van der Waals surface area contributed by atoms with Crippen LogP contribution in [0.2, 0.25) is 0 Å². The van der Waals surface area contributed by atoms with E-state index in [1.54, 1.807) is 0 Å². The number of aromatic nitrogens is 2. The first-order chi connectivity index (χ1) is 12.6. The molecule has 0 bridgehead atoms. The van der Waals surface area contributed by atoms with Crippen molar-refractivity contribution in [1.82, 2.24) is 20.4 Å². The molecule has 1 aliphatic rings. The molecule has 1 aliphatic heterocycles. The molecule has 3 rings (SSSR count). The van der Waals surface area contributed by atoms with Gasteiger partial charge in [-0.3, -0.25) is 9.59 Å². The van der Waals surface area contributed by atoms with Crippen LogP contribution in [0.3, 0.4) is 0 Å².